The van der Waals surface area contributed by atoms with Crippen LogP contribution >= 0.6 is 11.5 Å². The lowest BCUT2D eigenvalue weighted by Crippen LogP contribution is -2.21. The molecule has 0 aromatic carbocycles. The lowest BCUT2D eigenvalue weighted by atomic mass is 10.1. The highest BCUT2D eigenvalue weighted by atomic mass is 32.1. The number of nitrogens with zero attached hydrogens (tertiary/aromatic N) is 2. The normalized spacial score (nSPS) is 10.7. The van der Waals surface area contributed by atoms with Crippen molar-refractivity contribution in [1.29, 1.82) is 0 Å². The van der Waals surface area contributed by atoms with Crippen LogP contribution in [0.4, 0.5) is 10.8 Å². The number of anilines is 2. The lowest BCUT2D eigenvalue weighted by Gasteiger charge is -2.19. The van der Waals surface area contributed by atoms with Gasteiger partial charge in [-0.1, -0.05) is 13.8 Å². The van der Waals surface area contributed by atoms with Crippen LogP contribution in [0.5, 0.6) is 0 Å². The van der Waals surface area contributed by atoms with Crippen molar-refractivity contribution in [3.05, 3.63) is 5.56 Å². The van der Waals surface area contributed by atoms with Gasteiger partial charge in [0.1, 0.15) is 10.6 Å². The van der Waals surface area contributed by atoms with E-state index in [4.69, 9.17) is 10.5 Å². The molecule has 0 aliphatic carbocycles. The van der Waals surface area contributed by atoms with Gasteiger partial charge < -0.3 is 15.4 Å². The summed E-state index contributed by atoms with van der Waals surface area (Å²) in [7, 11) is 1.94. The Balaban J connectivity index is 2.85. The van der Waals surface area contributed by atoms with E-state index >= 15 is 0 Å². The SMILES string of the molecule is CCOC(=O)c1c(N)nsc1N(C)CCC(C)C. The van der Waals surface area contributed by atoms with Crippen LogP contribution in [0.2, 0.25) is 0 Å². The van der Waals surface area contributed by atoms with Crippen molar-refractivity contribution in [2.75, 3.05) is 30.8 Å². The summed E-state index contributed by atoms with van der Waals surface area (Å²) in [6.07, 6.45) is 1.05. The predicted octanol–water partition coefficient (Wildman–Crippen LogP) is 2.38. The third kappa shape index (κ3) is 3.60. The molecule has 0 aliphatic rings. The van der Waals surface area contributed by atoms with Crippen LogP contribution in [-0.4, -0.2) is 30.5 Å². The van der Waals surface area contributed by atoms with E-state index in [1.807, 2.05) is 11.9 Å². The molecule has 0 aliphatic heterocycles. The highest BCUT2D eigenvalue weighted by Gasteiger charge is 2.22. The molecule has 18 heavy (non-hydrogen) atoms. The average molecular weight is 271 g/mol. The van der Waals surface area contributed by atoms with Crippen molar-refractivity contribution < 1.29 is 9.53 Å². The van der Waals surface area contributed by atoms with Gasteiger partial charge >= 0.3 is 5.97 Å². The molecular weight excluding hydrogens is 250 g/mol. The van der Waals surface area contributed by atoms with Gasteiger partial charge in [-0.05, 0) is 30.8 Å². The summed E-state index contributed by atoms with van der Waals surface area (Å²) in [6.45, 7) is 7.31. The fourth-order valence-electron chi connectivity index (χ4n) is 1.50. The second-order valence-electron chi connectivity index (χ2n) is 4.57. The fraction of sp³-hybridized carbons (Fsp3) is 0.667. The van der Waals surface area contributed by atoms with E-state index in [0.29, 0.717) is 18.1 Å². The summed E-state index contributed by atoms with van der Waals surface area (Å²) >= 11 is 1.24. The van der Waals surface area contributed by atoms with Crippen LogP contribution in [0.25, 0.3) is 0 Å². The van der Waals surface area contributed by atoms with E-state index in [9.17, 15) is 4.79 Å². The predicted molar refractivity (Wildman–Crippen MR) is 75.2 cm³/mol. The Morgan fingerprint density at radius 2 is 2.22 bits per heavy atom. The first-order chi connectivity index (χ1) is 8.47. The van der Waals surface area contributed by atoms with Gasteiger partial charge in [0.25, 0.3) is 0 Å². The number of aromatic nitrogens is 1. The van der Waals surface area contributed by atoms with Gasteiger partial charge in [-0.25, -0.2) is 4.79 Å². The number of rotatable bonds is 6. The van der Waals surface area contributed by atoms with Gasteiger partial charge in [0, 0.05) is 13.6 Å². The van der Waals surface area contributed by atoms with Crippen molar-refractivity contribution in [2.24, 2.45) is 5.92 Å². The summed E-state index contributed by atoms with van der Waals surface area (Å²) < 4.78 is 9.05. The van der Waals surface area contributed by atoms with Crippen LogP contribution in [0, 0.1) is 5.92 Å². The summed E-state index contributed by atoms with van der Waals surface area (Å²) in [6, 6.07) is 0. The van der Waals surface area contributed by atoms with Gasteiger partial charge in [-0.2, -0.15) is 4.37 Å². The molecule has 1 heterocycles. The van der Waals surface area contributed by atoms with Crippen LogP contribution in [0.15, 0.2) is 0 Å². The van der Waals surface area contributed by atoms with Gasteiger partial charge in [0.2, 0.25) is 0 Å². The molecule has 1 aromatic heterocycles. The van der Waals surface area contributed by atoms with Gasteiger partial charge in [0.05, 0.1) is 6.61 Å². The number of carbonyl (C=O) groups excluding carboxylic acids is 1. The topological polar surface area (TPSA) is 68.5 Å². The maximum atomic E-state index is 11.8. The first kappa shape index (κ1) is 14.8. The van der Waals surface area contributed by atoms with E-state index in [1.54, 1.807) is 6.92 Å². The Labute approximate surface area is 112 Å². The minimum atomic E-state index is -0.393. The average Bonchev–Trinajstić information content (AvgIpc) is 2.68. The molecule has 0 unspecified atom stereocenters. The number of ether oxygens (including phenoxy) is 1. The summed E-state index contributed by atoms with van der Waals surface area (Å²) in [5.41, 5.74) is 6.13. The molecule has 0 amide bonds. The third-order valence-corrected chi connectivity index (χ3v) is 3.55. The van der Waals surface area contributed by atoms with E-state index < -0.39 is 5.97 Å². The number of hydrogen-bond acceptors (Lipinski definition) is 6. The van der Waals surface area contributed by atoms with Crippen molar-refractivity contribution >= 4 is 28.3 Å². The lowest BCUT2D eigenvalue weighted by molar-refractivity contribution is 0.0528. The Bertz CT molecular complexity index is 404. The zero-order valence-electron chi connectivity index (χ0n) is 11.4. The third-order valence-electron chi connectivity index (χ3n) is 2.57. The first-order valence-corrected chi connectivity index (χ1v) is 6.88. The first-order valence-electron chi connectivity index (χ1n) is 6.10. The molecule has 0 saturated carbocycles. The second kappa shape index (κ2) is 6.58. The van der Waals surface area contributed by atoms with Gasteiger partial charge in [-0.3, -0.25) is 0 Å². The number of carbonyl (C=O) groups is 1. The van der Waals surface area contributed by atoms with Crippen molar-refractivity contribution in [1.82, 2.24) is 4.37 Å². The van der Waals surface area contributed by atoms with Crippen LogP contribution in [0.3, 0.4) is 0 Å². The van der Waals surface area contributed by atoms with Crippen LogP contribution < -0.4 is 10.6 Å². The van der Waals surface area contributed by atoms with Crippen molar-refractivity contribution in [2.45, 2.75) is 27.2 Å². The molecule has 2 N–H and O–H groups in total. The van der Waals surface area contributed by atoms with Crippen molar-refractivity contribution in [3.8, 4) is 0 Å². The standard InChI is InChI=1S/C12H21N3O2S/c1-5-17-12(16)9-10(13)14-18-11(9)15(4)7-6-8(2)3/h8H,5-7H2,1-4H3,(H2,13,14). The number of esters is 1. The Hall–Kier alpha value is -1.30. The van der Waals surface area contributed by atoms with E-state index in [0.717, 1.165) is 18.0 Å². The molecule has 5 nitrogen and oxygen atoms in total. The molecule has 0 fully saturated rings. The van der Waals surface area contributed by atoms with Crippen LogP contribution in [0.1, 0.15) is 37.6 Å². The highest BCUT2D eigenvalue weighted by molar-refractivity contribution is 7.11. The molecule has 1 rings (SSSR count). The molecule has 0 radical (unpaired) electrons. The largest absolute Gasteiger partial charge is 0.462 e. The quantitative estimate of drug-likeness (QED) is 0.805. The van der Waals surface area contributed by atoms with Crippen LogP contribution in [-0.2, 0) is 4.74 Å². The van der Waals surface area contributed by atoms with Gasteiger partial charge in [-0.15, -0.1) is 0 Å². The summed E-state index contributed by atoms with van der Waals surface area (Å²) in [5.74, 6) is 0.476. The zero-order chi connectivity index (χ0) is 13.7. The van der Waals surface area contributed by atoms with Gasteiger partial charge in [0.15, 0.2) is 5.82 Å². The smallest absolute Gasteiger partial charge is 0.345 e. The zero-order valence-corrected chi connectivity index (χ0v) is 12.2. The number of hydrogen-bond donors (Lipinski definition) is 1. The number of nitrogen functional groups attached to an aromatic ring is 1. The van der Waals surface area contributed by atoms with Crippen molar-refractivity contribution in [3.63, 3.8) is 0 Å². The Kier molecular flexibility index (Phi) is 5.40. The van der Waals surface area contributed by atoms with E-state index in [-0.39, 0.29) is 5.82 Å². The maximum absolute atomic E-state index is 11.8. The Morgan fingerprint density at radius 3 is 2.78 bits per heavy atom. The van der Waals surface area contributed by atoms with E-state index in [1.165, 1.54) is 11.5 Å². The molecule has 0 saturated heterocycles. The summed E-state index contributed by atoms with van der Waals surface area (Å²) in [4.78, 5) is 13.8. The molecule has 102 valence electrons. The number of nitrogens with two attached hydrogens (primary N) is 1. The Morgan fingerprint density at radius 1 is 1.56 bits per heavy atom. The molecule has 0 spiro atoms. The minimum absolute atomic E-state index is 0.254. The monoisotopic (exact) mass is 271 g/mol. The van der Waals surface area contributed by atoms with E-state index in [2.05, 4.69) is 18.2 Å². The second-order valence-corrected chi connectivity index (χ2v) is 5.32. The summed E-state index contributed by atoms with van der Waals surface area (Å²) in [5, 5.41) is 0.784. The molecule has 0 bridgehead atoms. The maximum Gasteiger partial charge on any atom is 0.345 e. The molecule has 6 heteroatoms. The molecule has 1 aromatic rings. The fourth-order valence-corrected chi connectivity index (χ4v) is 2.29. The molecule has 0 atom stereocenters. The molecular formula is C12H21N3O2S. The highest BCUT2D eigenvalue weighted by Crippen LogP contribution is 2.30. The minimum Gasteiger partial charge on any atom is -0.462 e.